The first-order valence-corrected chi connectivity index (χ1v) is 6.00. The lowest BCUT2D eigenvalue weighted by molar-refractivity contribution is -0.137. The molecule has 5 nitrogen and oxygen atoms in total. The van der Waals surface area contributed by atoms with E-state index >= 15 is 0 Å². The Bertz CT molecular complexity index is 413. The standard InChI is InChI=1S/C11H14ClN3O2/c12-9-6-13-7-10(14-9)15-4-2-1-3-8(15)5-11(16)17/h6-8H,1-5H2,(H,16,17). The number of hydrogen-bond donors (Lipinski definition) is 1. The second-order valence-electron chi connectivity index (χ2n) is 4.14. The molecule has 0 saturated carbocycles. The van der Waals surface area contributed by atoms with Gasteiger partial charge in [-0.05, 0) is 19.3 Å². The van der Waals surface area contributed by atoms with E-state index in [4.69, 9.17) is 16.7 Å². The normalized spacial score (nSPS) is 20.3. The number of aliphatic carboxylic acids is 1. The van der Waals surface area contributed by atoms with Gasteiger partial charge in [-0.2, -0.15) is 0 Å². The number of anilines is 1. The van der Waals surface area contributed by atoms with Crippen molar-refractivity contribution >= 4 is 23.4 Å². The van der Waals surface area contributed by atoms with Crippen molar-refractivity contribution in [2.24, 2.45) is 0 Å². The first-order valence-electron chi connectivity index (χ1n) is 5.63. The molecule has 1 saturated heterocycles. The Labute approximate surface area is 104 Å². The van der Waals surface area contributed by atoms with E-state index in [1.54, 1.807) is 6.20 Å². The molecule has 1 aliphatic rings. The molecule has 2 heterocycles. The Hall–Kier alpha value is -1.36. The number of piperidine rings is 1. The molecule has 1 fully saturated rings. The van der Waals surface area contributed by atoms with Crippen LogP contribution in [-0.2, 0) is 4.79 Å². The SMILES string of the molecule is O=C(O)CC1CCCCN1c1cncc(Cl)n1. The van der Waals surface area contributed by atoms with E-state index in [2.05, 4.69) is 9.97 Å². The molecule has 1 aromatic rings. The number of carbonyl (C=O) groups is 1. The smallest absolute Gasteiger partial charge is 0.305 e. The van der Waals surface area contributed by atoms with Gasteiger partial charge in [-0.1, -0.05) is 11.6 Å². The largest absolute Gasteiger partial charge is 0.481 e. The molecule has 0 bridgehead atoms. The summed E-state index contributed by atoms with van der Waals surface area (Å²) in [5, 5.41) is 9.23. The highest BCUT2D eigenvalue weighted by molar-refractivity contribution is 6.29. The number of hydrogen-bond acceptors (Lipinski definition) is 4. The minimum absolute atomic E-state index is 0.00554. The van der Waals surface area contributed by atoms with Crippen molar-refractivity contribution in [3.8, 4) is 0 Å². The third-order valence-electron chi connectivity index (χ3n) is 2.92. The molecular weight excluding hydrogens is 242 g/mol. The van der Waals surface area contributed by atoms with E-state index in [9.17, 15) is 4.79 Å². The van der Waals surface area contributed by atoms with Gasteiger partial charge in [0, 0.05) is 12.6 Å². The topological polar surface area (TPSA) is 66.3 Å². The van der Waals surface area contributed by atoms with E-state index in [0.717, 1.165) is 25.8 Å². The van der Waals surface area contributed by atoms with Crippen LogP contribution < -0.4 is 4.90 Å². The summed E-state index contributed by atoms with van der Waals surface area (Å²) in [6, 6.07) is -0.00554. The Balaban J connectivity index is 2.18. The Kier molecular flexibility index (Phi) is 3.78. The highest BCUT2D eigenvalue weighted by Crippen LogP contribution is 2.25. The van der Waals surface area contributed by atoms with E-state index in [-0.39, 0.29) is 12.5 Å². The van der Waals surface area contributed by atoms with E-state index in [0.29, 0.717) is 11.0 Å². The van der Waals surface area contributed by atoms with Gasteiger partial charge in [0.25, 0.3) is 0 Å². The average molecular weight is 256 g/mol. The van der Waals surface area contributed by atoms with Crippen LogP contribution in [0, 0.1) is 0 Å². The zero-order chi connectivity index (χ0) is 12.3. The lowest BCUT2D eigenvalue weighted by atomic mass is 9.99. The van der Waals surface area contributed by atoms with Gasteiger partial charge in [0.05, 0.1) is 18.8 Å². The number of aromatic nitrogens is 2. The number of rotatable bonds is 3. The number of carboxylic acids is 1. The van der Waals surface area contributed by atoms with Crippen LogP contribution in [0.4, 0.5) is 5.82 Å². The third kappa shape index (κ3) is 3.06. The molecule has 6 heteroatoms. The van der Waals surface area contributed by atoms with E-state index < -0.39 is 5.97 Å². The van der Waals surface area contributed by atoms with Crippen LogP contribution in [0.25, 0.3) is 0 Å². The summed E-state index contributed by atoms with van der Waals surface area (Å²) in [4.78, 5) is 21.0. The Morgan fingerprint density at radius 3 is 3.06 bits per heavy atom. The molecule has 2 rings (SSSR count). The third-order valence-corrected chi connectivity index (χ3v) is 3.11. The number of nitrogens with zero attached hydrogens (tertiary/aromatic N) is 3. The Morgan fingerprint density at radius 1 is 1.53 bits per heavy atom. The molecule has 0 spiro atoms. The zero-order valence-corrected chi connectivity index (χ0v) is 10.1. The summed E-state index contributed by atoms with van der Waals surface area (Å²) in [6.45, 7) is 0.812. The van der Waals surface area contributed by atoms with Gasteiger partial charge in [0.15, 0.2) is 0 Å². The lowest BCUT2D eigenvalue weighted by Gasteiger charge is -2.35. The molecule has 0 radical (unpaired) electrons. The van der Waals surface area contributed by atoms with Crippen LogP contribution in [0.5, 0.6) is 0 Å². The summed E-state index contributed by atoms with van der Waals surface area (Å²) in [5.74, 6) is -0.111. The summed E-state index contributed by atoms with van der Waals surface area (Å²) in [5.41, 5.74) is 0. The van der Waals surface area contributed by atoms with Crippen LogP contribution >= 0.6 is 11.6 Å². The fourth-order valence-corrected chi connectivity index (χ4v) is 2.33. The van der Waals surface area contributed by atoms with Crippen LogP contribution in [-0.4, -0.2) is 33.6 Å². The maximum absolute atomic E-state index is 10.8. The van der Waals surface area contributed by atoms with Crippen LogP contribution in [0.2, 0.25) is 5.15 Å². The van der Waals surface area contributed by atoms with Gasteiger partial charge >= 0.3 is 5.97 Å². The van der Waals surface area contributed by atoms with Crippen molar-refractivity contribution in [3.63, 3.8) is 0 Å². The molecule has 1 atom stereocenters. The molecule has 1 N–H and O–H groups in total. The molecule has 0 amide bonds. The maximum Gasteiger partial charge on any atom is 0.305 e. The van der Waals surface area contributed by atoms with Crippen molar-refractivity contribution in [1.82, 2.24) is 9.97 Å². The summed E-state index contributed by atoms with van der Waals surface area (Å²) in [7, 11) is 0. The van der Waals surface area contributed by atoms with Crippen LogP contribution in [0.15, 0.2) is 12.4 Å². The minimum atomic E-state index is -0.781. The quantitative estimate of drug-likeness (QED) is 0.894. The maximum atomic E-state index is 10.8. The predicted octanol–water partition coefficient (Wildman–Crippen LogP) is 1.96. The summed E-state index contributed by atoms with van der Waals surface area (Å²) in [6.07, 6.45) is 6.22. The molecule has 1 aliphatic heterocycles. The molecular formula is C11H14ClN3O2. The van der Waals surface area contributed by atoms with Crippen molar-refractivity contribution < 1.29 is 9.90 Å². The molecule has 0 aliphatic carbocycles. The minimum Gasteiger partial charge on any atom is -0.481 e. The molecule has 17 heavy (non-hydrogen) atoms. The van der Waals surface area contributed by atoms with Crippen LogP contribution in [0.3, 0.4) is 0 Å². The lowest BCUT2D eigenvalue weighted by Crippen LogP contribution is -2.41. The summed E-state index contributed by atoms with van der Waals surface area (Å²) < 4.78 is 0. The second kappa shape index (κ2) is 5.31. The highest BCUT2D eigenvalue weighted by atomic mass is 35.5. The monoisotopic (exact) mass is 255 g/mol. The average Bonchev–Trinajstić information content (AvgIpc) is 2.29. The Morgan fingerprint density at radius 2 is 2.35 bits per heavy atom. The van der Waals surface area contributed by atoms with Crippen LogP contribution in [0.1, 0.15) is 25.7 Å². The van der Waals surface area contributed by atoms with Crippen molar-refractivity contribution in [2.45, 2.75) is 31.7 Å². The molecule has 92 valence electrons. The molecule has 1 aromatic heterocycles. The number of carboxylic acid groups (broad SMARTS) is 1. The van der Waals surface area contributed by atoms with Gasteiger partial charge in [-0.25, -0.2) is 4.98 Å². The fraction of sp³-hybridized carbons (Fsp3) is 0.545. The van der Waals surface area contributed by atoms with Crippen molar-refractivity contribution in [2.75, 3.05) is 11.4 Å². The van der Waals surface area contributed by atoms with Crippen molar-refractivity contribution in [3.05, 3.63) is 17.5 Å². The first-order chi connectivity index (χ1) is 8.16. The fourth-order valence-electron chi connectivity index (χ4n) is 2.19. The van der Waals surface area contributed by atoms with Gasteiger partial charge in [-0.15, -0.1) is 0 Å². The van der Waals surface area contributed by atoms with E-state index in [1.165, 1.54) is 6.20 Å². The first kappa shape index (κ1) is 12.1. The van der Waals surface area contributed by atoms with E-state index in [1.807, 2.05) is 4.90 Å². The molecule has 0 aromatic carbocycles. The second-order valence-corrected chi connectivity index (χ2v) is 4.53. The highest BCUT2D eigenvalue weighted by Gasteiger charge is 2.25. The summed E-state index contributed by atoms with van der Waals surface area (Å²) >= 11 is 5.80. The van der Waals surface area contributed by atoms with Gasteiger partial charge < -0.3 is 10.0 Å². The van der Waals surface area contributed by atoms with Gasteiger partial charge in [-0.3, -0.25) is 9.78 Å². The van der Waals surface area contributed by atoms with Gasteiger partial charge in [0.1, 0.15) is 11.0 Å². The number of halogens is 1. The predicted molar refractivity (Wildman–Crippen MR) is 64.3 cm³/mol. The zero-order valence-electron chi connectivity index (χ0n) is 9.34. The van der Waals surface area contributed by atoms with Crippen molar-refractivity contribution in [1.29, 1.82) is 0 Å². The van der Waals surface area contributed by atoms with Gasteiger partial charge in [0.2, 0.25) is 0 Å². The molecule has 1 unspecified atom stereocenters.